The summed E-state index contributed by atoms with van der Waals surface area (Å²) in [5, 5.41) is 15.6. The van der Waals surface area contributed by atoms with Gasteiger partial charge in [0.1, 0.15) is 30.1 Å². The highest BCUT2D eigenvalue weighted by atomic mass is 32.2. The minimum Gasteiger partial charge on any atom is -0.488 e. The van der Waals surface area contributed by atoms with E-state index in [0.29, 0.717) is 61.3 Å². The summed E-state index contributed by atoms with van der Waals surface area (Å²) in [6.45, 7) is 10.6. The zero-order valence-corrected chi connectivity index (χ0v) is 26.2. The summed E-state index contributed by atoms with van der Waals surface area (Å²) in [6.07, 6.45) is 6.16. The standard InChI is InChI=1S/C29H39N9O5S/c1-5-41-20(4)37-17-21(14-32-37)26-27(42-19(2)3)28-34-29(35-38(28)18-31-26)33-22-9-11-36(12-10-22)44(39,40)25-8-6-7-23(13-25)43-24-15-30-16-24/h6-8,13-14,17-20,22,24,30H,5,9-12,15-16H2,1-4H3,(H,33,35). The van der Waals surface area contributed by atoms with E-state index in [1.165, 1.54) is 4.31 Å². The third kappa shape index (κ3) is 6.36. The van der Waals surface area contributed by atoms with Gasteiger partial charge in [-0.1, -0.05) is 6.07 Å². The van der Waals surface area contributed by atoms with Crippen LogP contribution < -0.4 is 20.1 Å². The number of nitrogens with one attached hydrogen (secondary N) is 2. The number of fused-ring (bicyclic) bond motifs is 1. The Bertz CT molecular complexity index is 1690. The first-order valence-electron chi connectivity index (χ1n) is 15.0. The highest BCUT2D eigenvalue weighted by Gasteiger charge is 2.31. The molecule has 0 bridgehead atoms. The molecule has 15 heteroatoms. The number of ether oxygens (including phenoxy) is 3. The van der Waals surface area contributed by atoms with Gasteiger partial charge in [0.05, 0.1) is 17.2 Å². The first-order chi connectivity index (χ1) is 21.2. The summed E-state index contributed by atoms with van der Waals surface area (Å²) in [4.78, 5) is 9.63. The molecule has 6 rings (SSSR count). The molecule has 4 aromatic rings. The summed E-state index contributed by atoms with van der Waals surface area (Å²) < 4.78 is 49.4. The van der Waals surface area contributed by atoms with Gasteiger partial charge >= 0.3 is 0 Å². The summed E-state index contributed by atoms with van der Waals surface area (Å²) in [6, 6.07) is 6.75. The van der Waals surface area contributed by atoms with E-state index in [1.807, 2.05) is 33.9 Å². The molecule has 2 aliphatic heterocycles. The van der Waals surface area contributed by atoms with Crippen molar-refractivity contribution in [2.45, 2.75) is 69.9 Å². The summed E-state index contributed by atoms with van der Waals surface area (Å²) in [7, 11) is -3.65. The topological polar surface area (TPSA) is 150 Å². The van der Waals surface area contributed by atoms with Crippen molar-refractivity contribution in [2.75, 3.05) is 38.1 Å². The Morgan fingerprint density at radius 2 is 1.95 bits per heavy atom. The Labute approximate surface area is 256 Å². The maximum absolute atomic E-state index is 13.4. The first kappa shape index (κ1) is 30.2. The molecular weight excluding hydrogens is 586 g/mol. The van der Waals surface area contributed by atoms with Crippen molar-refractivity contribution in [3.63, 3.8) is 0 Å². The van der Waals surface area contributed by atoms with E-state index in [-0.39, 0.29) is 29.4 Å². The van der Waals surface area contributed by atoms with Gasteiger partial charge in [0, 0.05) is 56.7 Å². The molecule has 2 saturated heterocycles. The zero-order chi connectivity index (χ0) is 30.8. The second-order valence-corrected chi connectivity index (χ2v) is 13.2. The van der Waals surface area contributed by atoms with Crippen molar-refractivity contribution >= 4 is 21.6 Å². The van der Waals surface area contributed by atoms with Gasteiger partial charge in [-0.05, 0) is 52.7 Å². The Hall–Kier alpha value is -3.79. The van der Waals surface area contributed by atoms with Crippen LogP contribution in [0, 0.1) is 0 Å². The predicted molar refractivity (Wildman–Crippen MR) is 163 cm³/mol. The molecule has 5 heterocycles. The first-order valence-corrected chi connectivity index (χ1v) is 16.5. The lowest BCUT2D eigenvalue weighted by atomic mass is 10.1. The fourth-order valence-electron chi connectivity index (χ4n) is 5.24. The number of anilines is 1. The molecule has 1 unspecified atom stereocenters. The number of piperidine rings is 1. The molecule has 2 aliphatic rings. The third-order valence-electron chi connectivity index (χ3n) is 7.63. The Kier molecular flexibility index (Phi) is 8.71. The fourth-order valence-corrected chi connectivity index (χ4v) is 6.75. The normalized spacial score (nSPS) is 17.6. The molecule has 14 nitrogen and oxygen atoms in total. The molecule has 0 aliphatic carbocycles. The van der Waals surface area contributed by atoms with Crippen molar-refractivity contribution in [2.24, 2.45) is 0 Å². The fraction of sp³-hybridized carbons (Fsp3) is 0.517. The van der Waals surface area contributed by atoms with Crippen molar-refractivity contribution < 1.29 is 22.6 Å². The van der Waals surface area contributed by atoms with Crippen LogP contribution in [0.3, 0.4) is 0 Å². The number of sulfonamides is 1. The molecule has 1 atom stereocenters. The van der Waals surface area contributed by atoms with Crippen molar-refractivity contribution in [1.29, 1.82) is 0 Å². The number of rotatable bonds is 12. The molecule has 44 heavy (non-hydrogen) atoms. The van der Waals surface area contributed by atoms with Gasteiger partial charge in [0.15, 0.2) is 5.75 Å². The maximum Gasteiger partial charge on any atom is 0.243 e. The summed E-state index contributed by atoms with van der Waals surface area (Å²) >= 11 is 0. The largest absolute Gasteiger partial charge is 0.488 e. The average molecular weight is 626 g/mol. The van der Waals surface area contributed by atoms with Gasteiger partial charge in [0.25, 0.3) is 0 Å². The van der Waals surface area contributed by atoms with E-state index in [0.717, 1.165) is 18.7 Å². The van der Waals surface area contributed by atoms with Crippen molar-refractivity contribution in [3.8, 4) is 22.8 Å². The van der Waals surface area contributed by atoms with Gasteiger partial charge in [-0.2, -0.15) is 18.9 Å². The Morgan fingerprint density at radius 3 is 2.66 bits per heavy atom. The average Bonchev–Trinajstić information content (AvgIpc) is 3.63. The van der Waals surface area contributed by atoms with Crippen molar-refractivity contribution in [1.82, 2.24) is 39.0 Å². The maximum atomic E-state index is 13.4. The lowest BCUT2D eigenvalue weighted by Gasteiger charge is -2.31. The molecule has 3 aromatic heterocycles. The molecule has 0 amide bonds. The predicted octanol–water partition coefficient (Wildman–Crippen LogP) is 2.95. The molecule has 0 radical (unpaired) electrons. The lowest BCUT2D eigenvalue weighted by molar-refractivity contribution is 0.0160. The van der Waals surface area contributed by atoms with Crippen molar-refractivity contribution in [3.05, 3.63) is 43.0 Å². The molecule has 2 N–H and O–H groups in total. The molecule has 1 aromatic carbocycles. The van der Waals surface area contributed by atoms with E-state index < -0.39 is 10.0 Å². The van der Waals surface area contributed by atoms with Crippen LogP contribution in [0.25, 0.3) is 16.9 Å². The molecular formula is C29H39N9O5S. The number of hydrogen-bond donors (Lipinski definition) is 2. The second-order valence-electron chi connectivity index (χ2n) is 11.3. The summed E-state index contributed by atoms with van der Waals surface area (Å²) in [5.41, 5.74) is 1.91. The molecule has 236 valence electrons. The number of hydrogen-bond acceptors (Lipinski definition) is 11. The molecule has 0 spiro atoms. The molecule has 2 fully saturated rings. The SMILES string of the molecule is CCOC(C)n1cc(-c2ncn3nc(NC4CCN(S(=O)(=O)c5cccc(OC6CNC6)c5)CC4)nc3c2OC(C)C)cn1. The smallest absolute Gasteiger partial charge is 0.243 e. The van der Waals surface area contributed by atoms with Crippen LogP contribution >= 0.6 is 0 Å². The van der Waals surface area contributed by atoms with Crippen LogP contribution in [-0.2, 0) is 14.8 Å². The lowest BCUT2D eigenvalue weighted by Crippen LogP contribution is -2.50. The Balaban J connectivity index is 1.15. The van der Waals surface area contributed by atoms with E-state index in [1.54, 1.807) is 46.0 Å². The van der Waals surface area contributed by atoms with Crippen LogP contribution in [0.5, 0.6) is 11.5 Å². The van der Waals surface area contributed by atoms with E-state index >= 15 is 0 Å². The van der Waals surface area contributed by atoms with Crippen LogP contribution in [0.4, 0.5) is 5.95 Å². The van der Waals surface area contributed by atoms with E-state index in [9.17, 15) is 8.42 Å². The van der Waals surface area contributed by atoms with Crippen LogP contribution in [0.15, 0.2) is 47.9 Å². The summed E-state index contributed by atoms with van der Waals surface area (Å²) in [5.74, 6) is 1.50. The number of benzene rings is 1. The van der Waals surface area contributed by atoms with Gasteiger partial charge < -0.3 is 24.8 Å². The van der Waals surface area contributed by atoms with Gasteiger partial charge in [-0.15, -0.1) is 5.10 Å². The van der Waals surface area contributed by atoms with E-state index in [4.69, 9.17) is 19.2 Å². The quantitative estimate of drug-likeness (QED) is 0.239. The van der Waals surface area contributed by atoms with Crippen LogP contribution in [0.1, 0.15) is 46.8 Å². The van der Waals surface area contributed by atoms with Gasteiger partial charge in [-0.3, -0.25) is 0 Å². The minimum absolute atomic E-state index is 0.000159. The van der Waals surface area contributed by atoms with Gasteiger partial charge in [0.2, 0.25) is 21.6 Å². The van der Waals surface area contributed by atoms with Crippen LogP contribution in [0.2, 0.25) is 0 Å². The third-order valence-corrected chi connectivity index (χ3v) is 9.53. The zero-order valence-electron chi connectivity index (χ0n) is 25.4. The number of nitrogens with zero attached hydrogens (tertiary/aromatic N) is 7. The van der Waals surface area contributed by atoms with E-state index in [2.05, 4.69) is 25.8 Å². The Morgan fingerprint density at radius 1 is 1.16 bits per heavy atom. The van der Waals surface area contributed by atoms with Gasteiger partial charge in [-0.25, -0.2) is 18.1 Å². The second kappa shape index (κ2) is 12.7. The number of aromatic nitrogens is 6. The minimum atomic E-state index is -3.65. The monoisotopic (exact) mass is 625 g/mol. The highest BCUT2D eigenvalue weighted by molar-refractivity contribution is 7.89. The van der Waals surface area contributed by atoms with Crippen LogP contribution in [-0.4, -0.2) is 93.1 Å². The molecule has 0 saturated carbocycles. The highest BCUT2D eigenvalue weighted by Crippen LogP contribution is 2.33.